The van der Waals surface area contributed by atoms with Gasteiger partial charge in [0.1, 0.15) is 24.0 Å². The molecule has 6 rings (SSSR count). The predicted octanol–water partition coefficient (Wildman–Crippen LogP) is 4.27. The fourth-order valence-electron chi connectivity index (χ4n) is 8.06. The van der Waals surface area contributed by atoms with E-state index in [0.29, 0.717) is 42.8 Å². The number of nitrogens with zero attached hydrogens (tertiary/aromatic N) is 6. The van der Waals surface area contributed by atoms with Crippen molar-refractivity contribution < 1.29 is 24.2 Å². The van der Waals surface area contributed by atoms with Gasteiger partial charge in [-0.3, -0.25) is 14.4 Å². The van der Waals surface area contributed by atoms with Gasteiger partial charge in [-0.15, -0.1) is 30.0 Å². The zero-order valence-electron chi connectivity index (χ0n) is 27.8. The lowest BCUT2D eigenvalue weighted by molar-refractivity contribution is -0.146. The van der Waals surface area contributed by atoms with Gasteiger partial charge in [-0.25, -0.2) is 4.68 Å². The largest absolute Gasteiger partial charge is 0.494 e. The first-order chi connectivity index (χ1) is 23.2. The lowest BCUT2D eigenvalue weighted by Gasteiger charge is -2.39. The lowest BCUT2D eigenvalue weighted by atomic mass is 9.66. The number of hydrogen-bond acceptors (Lipinski definition) is 8. The number of aliphatic hydroxyl groups is 1. The number of para-hydroxylation sites is 1. The van der Waals surface area contributed by atoms with Crippen molar-refractivity contribution in [2.75, 3.05) is 31.2 Å². The van der Waals surface area contributed by atoms with Gasteiger partial charge in [-0.2, -0.15) is 0 Å². The number of fused-ring (bicyclic) bond motifs is 2. The highest BCUT2D eigenvalue weighted by Crippen LogP contribution is 2.72. The zero-order valence-corrected chi connectivity index (χ0v) is 28.6. The lowest BCUT2D eigenvalue weighted by Crippen LogP contribution is -2.57. The molecule has 254 valence electrons. The minimum atomic E-state index is -0.884. The second-order valence-corrected chi connectivity index (χ2v) is 14.8. The number of anilines is 1. The summed E-state index contributed by atoms with van der Waals surface area (Å²) in [5, 5.41) is 19.1. The van der Waals surface area contributed by atoms with E-state index in [2.05, 4.69) is 30.4 Å². The Kier molecular flexibility index (Phi) is 9.41. The molecule has 3 aliphatic heterocycles. The van der Waals surface area contributed by atoms with Gasteiger partial charge in [0, 0.05) is 23.5 Å². The molecule has 1 aromatic heterocycles. The standard InChI is InChI=1S/C36H44N6O5S/c1-6-20-39(23-41-28-13-11-10-12-27(28)37-38-41)34(46)31-36-19-18-35(5,48-36)29(30(36)33(45)42(31)24(8-3)22-43)32(44)40(21-7-2)25-14-16-26(17-15-25)47-9-4/h6-7,10-17,24,29-31,43H,1-2,8-9,18-23H2,3-5H3/t24-,29-,30-,31?,35+,36?/m0/s1. The molecule has 2 aromatic carbocycles. The third kappa shape index (κ3) is 5.38. The number of benzene rings is 2. The molecule has 11 nitrogen and oxygen atoms in total. The summed E-state index contributed by atoms with van der Waals surface area (Å²) in [6.07, 6.45) is 5.07. The quantitative estimate of drug-likeness (QED) is 0.252. The molecule has 0 radical (unpaired) electrons. The van der Waals surface area contributed by atoms with Crippen molar-refractivity contribution in [3.8, 4) is 5.75 Å². The number of aliphatic hydroxyl groups excluding tert-OH is 1. The molecule has 2 unspecified atom stereocenters. The Hall–Kier alpha value is -4.16. The minimum absolute atomic E-state index is 0.107. The SMILES string of the molecule is C=CCN(Cn1nnc2ccccc21)C(=O)C1N([C@@H](CC)CO)C(=O)[C@@H]2[C@@H](C(=O)N(CC=C)c3ccc(OCC)cc3)[C@@]3(C)CCC12S3. The molecule has 1 spiro atoms. The van der Waals surface area contributed by atoms with Gasteiger partial charge in [0.15, 0.2) is 0 Å². The van der Waals surface area contributed by atoms with Crippen LogP contribution in [0.15, 0.2) is 73.8 Å². The van der Waals surface area contributed by atoms with Crippen LogP contribution < -0.4 is 9.64 Å². The summed E-state index contributed by atoms with van der Waals surface area (Å²) in [7, 11) is 0. The highest BCUT2D eigenvalue weighted by Gasteiger charge is 2.78. The second kappa shape index (κ2) is 13.4. The number of likely N-dealkylation sites (tertiary alicyclic amines) is 1. The van der Waals surface area contributed by atoms with E-state index in [4.69, 9.17) is 4.74 Å². The van der Waals surface area contributed by atoms with Crippen LogP contribution in [0.5, 0.6) is 5.75 Å². The van der Waals surface area contributed by atoms with E-state index < -0.39 is 33.4 Å². The third-order valence-electron chi connectivity index (χ3n) is 10.2. The van der Waals surface area contributed by atoms with Crippen molar-refractivity contribution in [3.63, 3.8) is 0 Å². The molecule has 3 saturated heterocycles. The molecule has 48 heavy (non-hydrogen) atoms. The number of rotatable bonds is 14. The summed E-state index contributed by atoms with van der Waals surface area (Å²) in [6.45, 7) is 14.5. The number of amides is 3. The molecular formula is C36H44N6O5S. The maximum absolute atomic E-state index is 14.9. The van der Waals surface area contributed by atoms with Crippen LogP contribution in [0.25, 0.3) is 11.0 Å². The van der Waals surface area contributed by atoms with E-state index in [0.717, 1.165) is 5.52 Å². The normalized spacial score (nSPS) is 26.4. The molecule has 3 amide bonds. The van der Waals surface area contributed by atoms with Gasteiger partial charge in [0.25, 0.3) is 0 Å². The number of aromatic nitrogens is 3. The molecule has 2 bridgehead atoms. The van der Waals surface area contributed by atoms with Crippen LogP contribution in [0.2, 0.25) is 0 Å². The minimum Gasteiger partial charge on any atom is -0.494 e. The van der Waals surface area contributed by atoms with Crippen molar-refractivity contribution in [1.82, 2.24) is 24.8 Å². The Balaban J connectivity index is 1.40. The Labute approximate surface area is 285 Å². The van der Waals surface area contributed by atoms with E-state index in [-0.39, 0.29) is 44.1 Å². The number of carbonyl (C=O) groups is 3. The van der Waals surface area contributed by atoms with Crippen molar-refractivity contribution in [2.24, 2.45) is 11.8 Å². The van der Waals surface area contributed by atoms with Crippen molar-refractivity contribution in [1.29, 1.82) is 0 Å². The summed E-state index contributed by atoms with van der Waals surface area (Å²) in [5.74, 6) is -1.39. The van der Waals surface area contributed by atoms with Crippen molar-refractivity contribution >= 4 is 46.2 Å². The Bertz CT molecular complexity index is 1710. The third-order valence-corrected chi connectivity index (χ3v) is 12.2. The molecule has 3 aromatic rings. The topological polar surface area (TPSA) is 121 Å². The Morgan fingerprint density at radius 2 is 1.83 bits per heavy atom. The predicted molar refractivity (Wildman–Crippen MR) is 186 cm³/mol. The summed E-state index contributed by atoms with van der Waals surface area (Å²) in [5.41, 5.74) is 2.17. The van der Waals surface area contributed by atoms with E-state index in [1.165, 1.54) is 0 Å². The second-order valence-electron chi connectivity index (χ2n) is 13.0. The van der Waals surface area contributed by atoms with Crippen LogP contribution in [0, 0.1) is 11.8 Å². The molecule has 0 aliphatic carbocycles. The summed E-state index contributed by atoms with van der Waals surface area (Å²) in [4.78, 5) is 49.4. The van der Waals surface area contributed by atoms with E-state index in [1.807, 2.05) is 62.4 Å². The maximum atomic E-state index is 14.9. The zero-order chi connectivity index (χ0) is 34.2. The first kappa shape index (κ1) is 33.7. The molecule has 6 atom stereocenters. The first-order valence-corrected chi connectivity index (χ1v) is 17.5. The van der Waals surface area contributed by atoms with Crippen LogP contribution in [0.1, 0.15) is 40.0 Å². The maximum Gasteiger partial charge on any atom is 0.248 e. The average Bonchev–Trinajstić information content (AvgIpc) is 3.80. The molecular weight excluding hydrogens is 629 g/mol. The van der Waals surface area contributed by atoms with Gasteiger partial charge < -0.3 is 24.5 Å². The number of thioether (sulfide) groups is 1. The van der Waals surface area contributed by atoms with E-state index >= 15 is 0 Å². The van der Waals surface area contributed by atoms with Gasteiger partial charge in [0.2, 0.25) is 17.7 Å². The van der Waals surface area contributed by atoms with Crippen LogP contribution in [-0.4, -0.2) is 95.5 Å². The molecule has 4 heterocycles. The van der Waals surface area contributed by atoms with Crippen LogP contribution >= 0.6 is 11.8 Å². The Morgan fingerprint density at radius 3 is 2.50 bits per heavy atom. The van der Waals surface area contributed by atoms with Crippen LogP contribution in [-0.2, 0) is 21.1 Å². The summed E-state index contributed by atoms with van der Waals surface area (Å²) < 4.78 is 5.87. The smallest absolute Gasteiger partial charge is 0.248 e. The van der Waals surface area contributed by atoms with Crippen molar-refractivity contribution in [2.45, 2.75) is 68.3 Å². The average molecular weight is 673 g/mol. The van der Waals surface area contributed by atoms with Crippen LogP contribution in [0.4, 0.5) is 5.69 Å². The molecule has 0 saturated carbocycles. The molecule has 3 fully saturated rings. The number of ether oxygens (including phenoxy) is 1. The first-order valence-electron chi connectivity index (χ1n) is 16.6. The van der Waals surface area contributed by atoms with Crippen molar-refractivity contribution in [3.05, 3.63) is 73.8 Å². The Morgan fingerprint density at radius 1 is 1.10 bits per heavy atom. The fourth-order valence-corrected chi connectivity index (χ4v) is 10.4. The fraction of sp³-hybridized carbons (Fsp3) is 0.472. The number of hydrogen-bond donors (Lipinski definition) is 1. The van der Waals surface area contributed by atoms with Gasteiger partial charge in [0.05, 0.1) is 41.4 Å². The molecule has 1 N–H and O–H groups in total. The summed E-state index contributed by atoms with van der Waals surface area (Å²) >= 11 is 1.61. The van der Waals surface area contributed by atoms with Gasteiger partial charge >= 0.3 is 0 Å². The van der Waals surface area contributed by atoms with Gasteiger partial charge in [-0.05, 0) is 69.5 Å². The summed E-state index contributed by atoms with van der Waals surface area (Å²) in [6, 6.07) is 13.4. The van der Waals surface area contributed by atoms with Crippen LogP contribution in [0.3, 0.4) is 0 Å². The number of carbonyl (C=O) groups excluding carboxylic acids is 3. The highest BCUT2D eigenvalue weighted by atomic mass is 32.2. The highest BCUT2D eigenvalue weighted by molar-refractivity contribution is 8.02. The van der Waals surface area contributed by atoms with Gasteiger partial charge in [-0.1, -0.05) is 36.4 Å². The molecule has 12 heteroatoms. The van der Waals surface area contributed by atoms with E-state index in [1.54, 1.807) is 43.3 Å². The monoisotopic (exact) mass is 672 g/mol. The van der Waals surface area contributed by atoms with E-state index in [9.17, 15) is 19.5 Å². The molecule has 3 aliphatic rings.